The first-order valence-corrected chi connectivity index (χ1v) is 10.8. The Bertz CT molecular complexity index is 1350. The molecule has 2 aromatic carbocycles. The molecular formula is C27H25N3O3. The molecule has 1 atom stereocenters. The Morgan fingerprint density at radius 2 is 1.70 bits per heavy atom. The summed E-state index contributed by atoms with van der Waals surface area (Å²) in [4.78, 5) is 12.8. The monoisotopic (exact) mass is 439 g/mol. The van der Waals surface area contributed by atoms with E-state index in [1.807, 2.05) is 18.2 Å². The van der Waals surface area contributed by atoms with E-state index in [0.717, 1.165) is 39.2 Å². The van der Waals surface area contributed by atoms with Gasteiger partial charge < -0.3 is 19.2 Å². The van der Waals surface area contributed by atoms with Gasteiger partial charge in [0.15, 0.2) is 0 Å². The molecule has 1 N–H and O–H groups in total. The van der Waals surface area contributed by atoms with Crippen LogP contribution in [0.3, 0.4) is 0 Å². The maximum Gasteiger partial charge on any atom is 0.140 e. The summed E-state index contributed by atoms with van der Waals surface area (Å²) in [7, 11) is 4.99. The number of methoxy groups -OCH3 is 3. The maximum absolute atomic E-state index is 5.82. The average Bonchev–Trinajstić information content (AvgIpc) is 3.32. The van der Waals surface area contributed by atoms with Crippen LogP contribution in [0.15, 0.2) is 84.6 Å². The summed E-state index contributed by atoms with van der Waals surface area (Å²) >= 11 is 0. The van der Waals surface area contributed by atoms with E-state index in [1.54, 1.807) is 33.7 Å². The van der Waals surface area contributed by atoms with Gasteiger partial charge in [0.05, 0.1) is 37.3 Å². The summed E-state index contributed by atoms with van der Waals surface area (Å²) in [5.41, 5.74) is 4.71. The summed E-state index contributed by atoms with van der Waals surface area (Å²) in [6, 6.07) is 18.6. The van der Waals surface area contributed by atoms with Crippen molar-refractivity contribution in [3.63, 3.8) is 0 Å². The normalized spacial score (nSPS) is 16.1. The van der Waals surface area contributed by atoms with Crippen molar-refractivity contribution >= 4 is 16.3 Å². The van der Waals surface area contributed by atoms with Crippen LogP contribution in [0.1, 0.15) is 12.2 Å². The first kappa shape index (κ1) is 21.0. The molecule has 4 aromatic rings. The highest BCUT2D eigenvalue weighted by molar-refractivity contribution is 5.99. The number of aromatic amines is 1. The van der Waals surface area contributed by atoms with Crippen LogP contribution in [-0.4, -0.2) is 42.4 Å². The SMILES string of the molecule is COC1=CC(OC)=C(c2nc(-c3ccncc3)c(-c3cccc4ccccc34)[nH]2)C(OC)C1. The van der Waals surface area contributed by atoms with Crippen molar-refractivity contribution < 1.29 is 14.2 Å². The third-order valence-corrected chi connectivity index (χ3v) is 6.00. The molecule has 33 heavy (non-hydrogen) atoms. The molecule has 0 saturated carbocycles. The highest BCUT2D eigenvalue weighted by atomic mass is 16.5. The maximum atomic E-state index is 5.82. The van der Waals surface area contributed by atoms with E-state index >= 15 is 0 Å². The number of nitrogens with one attached hydrogen (secondary N) is 1. The molecule has 1 unspecified atom stereocenters. The van der Waals surface area contributed by atoms with Crippen LogP contribution in [0.25, 0.3) is 38.9 Å². The van der Waals surface area contributed by atoms with Crippen molar-refractivity contribution in [1.29, 1.82) is 0 Å². The Morgan fingerprint density at radius 1 is 0.909 bits per heavy atom. The predicted molar refractivity (Wildman–Crippen MR) is 129 cm³/mol. The van der Waals surface area contributed by atoms with E-state index in [0.29, 0.717) is 18.0 Å². The molecule has 0 saturated heterocycles. The Labute approximate surface area is 192 Å². The fourth-order valence-electron chi connectivity index (χ4n) is 4.37. The van der Waals surface area contributed by atoms with Crippen molar-refractivity contribution in [1.82, 2.24) is 15.0 Å². The largest absolute Gasteiger partial charge is 0.501 e. The lowest BCUT2D eigenvalue weighted by Gasteiger charge is -2.25. The minimum atomic E-state index is -0.253. The molecule has 166 valence electrons. The van der Waals surface area contributed by atoms with Crippen LogP contribution in [0.4, 0.5) is 0 Å². The minimum Gasteiger partial charge on any atom is -0.501 e. The van der Waals surface area contributed by atoms with E-state index in [2.05, 4.69) is 52.4 Å². The van der Waals surface area contributed by atoms with Crippen molar-refractivity contribution in [2.45, 2.75) is 12.5 Å². The topological polar surface area (TPSA) is 69.3 Å². The highest BCUT2D eigenvalue weighted by Gasteiger charge is 2.30. The third kappa shape index (κ3) is 3.79. The number of rotatable bonds is 6. The zero-order valence-corrected chi connectivity index (χ0v) is 18.8. The Kier molecular flexibility index (Phi) is 5.67. The predicted octanol–water partition coefficient (Wildman–Crippen LogP) is 5.60. The van der Waals surface area contributed by atoms with E-state index in [1.165, 1.54) is 5.39 Å². The molecule has 1 aliphatic carbocycles. The highest BCUT2D eigenvalue weighted by Crippen LogP contribution is 2.39. The van der Waals surface area contributed by atoms with E-state index in [-0.39, 0.29) is 6.10 Å². The Balaban J connectivity index is 1.77. The van der Waals surface area contributed by atoms with Crippen molar-refractivity contribution in [3.8, 4) is 22.5 Å². The van der Waals surface area contributed by atoms with E-state index < -0.39 is 0 Å². The van der Waals surface area contributed by atoms with Gasteiger partial charge in [0, 0.05) is 43.1 Å². The second-order valence-corrected chi connectivity index (χ2v) is 7.80. The molecule has 0 bridgehead atoms. The van der Waals surface area contributed by atoms with Crippen LogP contribution in [0.2, 0.25) is 0 Å². The van der Waals surface area contributed by atoms with Crippen LogP contribution in [0.5, 0.6) is 0 Å². The van der Waals surface area contributed by atoms with E-state index in [4.69, 9.17) is 19.2 Å². The molecule has 0 aliphatic heterocycles. The fraction of sp³-hybridized carbons (Fsp3) is 0.185. The van der Waals surface area contributed by atoms with Gasteiger partial charge in [-0.2, -0.15) is 0 Å². The van der Waals surface area contributed by atoms with Crippen molar-refractivity contribution in [3.05, 3.63) is 90.4 Å². The number of hydrogen-bond donors (Lipinski definition) is 1. The number of hydrogen-bond acceptors (Lipinski definition) is 5. The Hall–Kier alpha value is -3.90. The molecular weight excluding hydrogens is 414 g/mol. The van der Waals surface area contributed by atoms with Gasteiger partial charge in [-0.15, -0.1) is 0 Å². The lowest BCUT2D eigenvalue weighted by molar-refractivity contribution is 0.122. The first-order chi connectivity index (χ1) is 16.2. The van der Waals surface area contributed by atoms with Crippen LogP contribution < -0.4 is 0 Å². The summed E-state index contributed by atoms with van der Waals surface area (Å²) < 4.78 is 17.0. The number of pyridine rings is 1. The molecule has 0 amide bonds. The van der Waals surface area contributed by atoms with Gasteiger partial charge in [0.25, 0.3) is 0 Å². The zero-order valence-electron chi connectivity index (χ0n) is 18.8. The molecule has 1 aliphatic rings. The molecule has 0 spiro atoms. The van der Waals surface area contributed by atoms with E-state index in [9.17, 15) is 0 Å². The lowest BCUT2D eigenvalue weighted by atomic mass is 9.98. The van der Waals surface area contributed by atoms with Crippen LogP contribution >= 0.6 is 0 Å². The summed E-state index contributed by atoms with van der Waals surface area (Å²) in [6.07, 6.45) is 5.81. The quantitative estimate of drug-likeness (QED) is 0.424. The molecule has 2 heterocycles. The fourth-order valence-corrected chi connectivity index (χ4v) is 4.37. The van der Waals surface area contributed by atoms with Gasteiger partial charge in [0.2, 0.25) is 0 Å². The Morgan fingerprint density at radius 3 is 2.45 bits per heavy atom. The van der Waals surface area contributed by atoms with Crippen molar-refractivity contribution in [2.75, 3.05) is 21.3 Å². The number of H-pyrrole nitrogens is 1. The summed E-state index contributed by atoms with van der Waals surface area (Å²) in [5, 5.41) is 2.32. The van der Waals surface area contributed by atoms with Crippen LogP contribution in [-0.2, 0) is 14.2 Å². The minimum absolute atomic E-state index is 0.253. The second-order valence-electron chi connectivity index (χ2n) is 7.80. The van der Waals surface area contributed by atoms with Crippen LogP contribution in [0, 0.1) is 0 Å². The molecule has 0 radical (unpaired) electrons. The molecule has 0 fully saturated rings. The molecule has 5 rings (SSSR count). The number of nitrogens with zero attached hydrogens (tertiary/aromatic N) is 2. The number of fused-ring (bicyclic) bond motifs is 1. The van der Waals surface area contributed by atoms with Gasteiger partial charge in [-0.3, -0.25) is 4.98 Å². The lowest BCUT2D eigenvalue weighted by Crippen LogP contribution is -2.21. The molecule has 6 heteroatoms. The number of ether oxygens (including phenoxy) is 3. The average molecular weight is 440 g/mol. The van der Waals surface area contributed by atoms with Gasteiger partial charge in [-0.05, 0) is 22.9 Å². The summed E-state index contributed by atoms with van der Waals surface area (Å²) in [5.74, 6) is 2.18. The van der Waals surface area contributed by atoms with Crippen molar-refractivity contribution in [2.24, 2.45) is 0 Å². The third-order valence-electron chi connectivity index (χ3n) is 6.00. The first-order valence-electron chi connectivity index (χ1n) is 10.8. The van der Waals surface area contributed by atoms with Gasteiger partial charge >= 0.3 is 0 Å². The zero-order chi connectivity index (χ0) is 22.8. The standard InChI is InChI=1S/C27H25N3O3/c1-31-19-15-22(32-2)24(23(16-19)33-3)27-29-25(18-11-13-28-14-12-18)26(30-27)21-10-6-8-17-7-4-5-9-20(17)21/h4-15,23H,16H2,1-3H3,(H,29,30). The molecule has 6 nitrogen and oxygen atoms in total. The summed E-state index contributed by atoms with van der Waals surface area (Å²) in [6.45, 7) is 0. The number of aromatic nitrogens is 3. The number of benzene rings is 2. The molecule has 2 aromatic heterocycles. The smallest absolute Gasteiger partial charge is 0.140 e. The second kappa shape index (κ2) is 8.92. The number of allylic oxidation sites excluding steroid dienone is 1. The van der Waals surface area contributed by atoms with Gasteiger partial charge in [0.1, 0.15) is 17.3 Å². The van der Waals surface area contributed by atoms with Gasteiger partial charge in [-0.25, -0.2) is 4.98 Å². The van der Waals surface area contributed by atoms with Gasteiger partial charge in [-0.1, -0.05) is 42.5 Å². The number of imidazole rings is 1.